The zero-order chi connectivity index (χ0) is 12.8. The summed E-state index contributed by atoms with van der Waals surface area (Å²) in [5.74, 6) is 0. The molecule has 1 aliphatic heterocycles. The summed E-state index contributed by atoms with van der Waals surface area (Å²) in [5.41, 5.74) is -0.664. The fourth-order valence-corrected chi connectivity index (χ4v) is 1.62. The Morgan fingerprint density at radius 1 is 1.06 bits per heavy atom. The highest BCUT2D eigenvalue weighted by atomic mass is 16.3. The highest BCUT2D eigenvalue weighted by Crippen LogP contribution is 2.31. The summed E-state index contributed by atoms with van der Waals surface area (Å²) in [6.07, 6.45) is 0. The molecule has 1 fully saturated rings. The Morgan fingerprint density at radius 2 is 1.50 bits per heavy atom. The smallest absolute Gasteiger partial charge is 0.0654 e. The first-order valence-electron chi connectivity index (χ1n) is 6.48. The minimum atomic E-state index is -0.613. The van der Waals surface area contributed by atoms with Gasteiger partial charge in [-0.1, -0.05) is 27.7 Å². The maximum Gasteiger partial charge on any atom is 0.0654 e. The molecule has 3 heteroatoms. The average Bonchev–Trinajstić information content (AvgIpc) is 2.20. The highest BCUT2D eigenvalue weighted by Gasteiger charge is 2.36. The molecule has 1 heterocycles. The highest BCUT2D eigenvalue weighted by molar-refractivity contribution is 4.89. The van der Waals surface area contributed by atoms with Crippen LogP contribution >= 0.6 is 0 Å². The van der Waals surface area contributed by atoms with Crippen LogP contribution in [0.5, 0.6) is 0 Å². The Hall–Kier alpha value is -0.120. The lowest BCUT2D eigenvalue weighted by atomic mass is 9.77. The summed E-state index contributed by atoms with van der Waals surface area (Å²) in [6.45, 7) is 17.4. The Bertz CT molecular complexity index is 179. The Morgan fingerprint density at radius 3 is 1.88 bits per heavy atom. The van der Waals surface area contributed by atoms with Gasteiger partial charge in [0.1, 0.15) is 0 Å². The van der Waals surface area contributed by atoms with Crippen molar-refractivity contribution in [2.75, 3.05) is 32.7 Å². The molecule has 0 saturated carbocycles. The molecule has 0 bridgehead atoms. The number of piperazine rings is 1. The molecule has 0 atom stereocenters. The van der Waals surface area contributed by atoms with Gasteiger partial charge in [-0.25, -0.2) is 0 Å². The van der Waals surface area contributed by atoms with Crippen LogP contribution in [0.25, 0.3) is 0 Å². The molecule has 0 aromatic heterocycles. The van der Waals surface area contributed by atoms with Crippen molar-refractivity contribution in [3.63, 3.8) is 0 Å². The van der Waals surface area contributed by atoms with Crippen LogP contribution in [0.1, 0.15) is 41.5 Å². The van der Waals surface area contributed by atoms with Crippen LogP contribution < -0.4 is 5.32 Å². The third-order valence-electron chi connectivity index (χ3n) is 3.48. The minimum absolute atomic E-state index is 0.0513. The fourth-order valence-electron chi connectivity index (χ4n) is 1.62. The largest absolute Gasteiger partial charge is 0.390 e. The van der Waals surface area contributed by atoms with Crippen molar-refractivity contribution < 1.29 is 5.11 Å². The van der Waals surface area contributed by atoms with E-state index in [0.29, 0.717) is 0 Å². The number of hydrogen-bond acceptors (Lipinski definition) is 3. The van der Waals surface area contributed by atoms with Gasteiger partial charge in [0.05, 0.1) is 5.60 Å². The molecule has 0 aromatic rings. The average molecular weight is 230 g/mol. The molecule has 98 valence electrons. The van der Waals surface area contributed by atoms with E-state index < -0.39 is 5.60 Å². The number of rotatable bonds is 3. The molecule has 3 nitrogen and oxygen atoms in total. The van der Waals surface area contributed by atoms with E-state index in [1.807, 2.05) is 27.7 Å². The summed E-state index contributed by atoms with van der Waals surface area (Å²) < 4.78 is 0. The van der Waals surface area contributed by atoms with Gasteiger partial charge in [-0.05, 0) is 13.8 Å². The maximum atomic E-state index is 10.0. The van der Waals surface area contributed by atoms with E-state index >= 15 is 0 Å². The second-order valence-corrected chi connectivity index (χ2v) is 5.47. The number of nitrogens with one attached hydrogen (secondary N) is 1. The first-order chi connectivity index (χ1) is 7.33. The Balaban J connectivity index is 0.00000106. The monoisotopic (exact) mass is 230 g/mol. The van der Waals surface area contributed by atoms with Crippen LogP contribution in [-0.4, -0.2) is 48.3 Å². The lowest BCUT2D eigenvalue weighted by Gasteiger charge is -2.42. The molecule has 2 N–H and O–H groups in total. The van der Waals surface area contributed by atoms with Crippen molar-refractivity contribution in [2.24, 2.45) is 5.41 Å². The van der Waals surface area contributed by atoms with Crippen molar-refractivity contribution in [1.82, 2.24) is 10.2 Å². The number of hydrogen-bond donors (Lipinski definition) is 2. The van der Waals surface area contributed by atoms with Crippen molar-refractivity contribution in [2.45, 2.75) is 47.1 Å². The molecular formula is C13H30N2O. The van der Waals surface area contributed by atoms with E-state index in [4.69, 9.17) is 0 Å². The topological polar surface area (TPSA) is 35.5 Å². The molecule has 0 aromatic carbocycles. The minimum Gasteiger partial charge on any atom is -0.390 e. The van der Waals surface area contributed by atoms with Gasteiger partial charge in [0.2, 0.25) is 0 Å². The molecule has 16 heavy (non-hydrogen) atoms. The summed E-state index contributed by atoms with van der Waals surface area (Å²) >= 11 is 0. The van der Waals surface area contributed by atoms with E-state index in [2.05, 4.69) is 24.1 Å². The van der Waals surface area contributed by atoms with Gasteiger partial charge < -0.3 is 15.3 Å². The van der Waals surface area contributed by atoms with E-state index in [1.165, 1.54) is 0 Å². The van der Waals surface area contributed by atoms with Crippen LogP contribution in [-0.2, 0) is 0 Å². The van der Waals surface area contributed by atoms with Crippen LogP contribution in [0.3, 0.4) is 0 Å². The molecule has 0 radical (unpaired) electrons. The number of nitrogens with zero attached hydrogens (tertiary/aromatic N) is 1. The lowest BCUT2D eigenvalue weighted by Crippen LogP contribution is -2.52. The van der Waals surface area contributed by atoms with Crippen molar-refractivity contribution >= 4 is 0 Å². The summed E-state index contributed by atoms with van der Waals surface area (Å²) in [5, 5.41) is 13.4. The third-order valence-corrected chi connectivity index (χ3v) is 3.48. The van der Waals surface area contributed by atoms with Crippen LogP contribution in [0, 0.1) is 5.41 Å². The van der Waals surface area contributed by atoms with E-state index in [9.17, 15) is 5.11 Å². The molecule has 0 aliphatic carbocycles. The summed E-state index contributed by atoms with van der Waals surface area (Å²) in [4.78, 5) is 2.43. The number of aliphatic hydroxyl groups is 1. The lowest BCUT2D eigenvalue weighted by molar-refractivity contribution is -0.0530. The van der Waals surface area contributed by atoms with Crippen LogP contribution in [0.4, 0.5) is 0 Å². The predicted octanol–water partition coefficient (Wildman–Crippen LogP) is 1.71. The van der Waals surface area contributed by atoms with Crippen molar-refractivity contribution in [3.8, 4) is 0 Å². The molecule has 1 saturated heterocycles. The Labute approximate surface area is 101 Å². The van der Waals surface area contributed by atoms with Gasteiger partial charge in [0, 0.05) is 38.1 Å². The first kappa shape index (κ1) is 15.9. The van der Waals surface area contributed by atoms with E-state index in [1.54, 1.807) is 0 Å². The summed E-state index contributed by atoms with van der Waals surface area (Å²) in [6, 6.07) is 0. The van der Waals surface area contributed by atoms with Crippen molar-refractivity contribution in [3.05, 3.63) is 0 Å². The summed E-state index contributed by atoms with van der Waals surface area (Å²) in [7, 11) is 0. The molecule has 0 amide bonds. The van der Waals surface area contributed by atoms with Gasteiger partial charge in [-0.2, -0.15) is 0 Å². The van der Waals surface area contributed by atoms with Crippen LogP contribution in [0.2, 0.25) is 0 Å². The second kappa shape index (κ2) is 6.58. The van der Waals surface area contributed by atoms with Gasteiger partial charge in [-0.15, -0.1) is 0 Å². The quantitative estimate of drug-likeness (QED) is 0.775. The molecular weight excluding hydrogens is 200 g/mol. The Kier molecular flexibility index (Phi) is 6.53. The van der Waals surface area contributed by atoms with Gasteiger partial charge in [0.15, 0.2) is 0 Å². The molecule has 0 unspecified atom stereocenters. The van der Waals surface area contributed by atoms with Crippen LogP contribution in [0.15, 0.2) is 0 Å². The fraction of sp³-hybridized carbons (Fsp3) is 1.00. The van der Waals surface area contributed by atoms with E-state index in [0.717, 1.165) is 32.7 Å². The van der Waals surface area contributed by atoms with Gasteiger partial charge in [0.25, 0.3) is 0 Å². The predicted molar refractivity (Wildman–Crippen MR) is 70.7 cm³/mol. The standard InChI is InChI=1S/C11H24N2O.C2H6/c1-10(2,11(3,4)14)9-13-7-5-12-6-8-13;1-2/h12,14H,5-9H2,1-4H3;1-2H3. The SMILES string of the molecule is CC.CC(C)(O)C(C)(C)CN1CCNCC1. The normalized spacial score (nSPS) is 18.9. The van der Waals surface area contributed by atoms with Gasteiger partial charge in [-0.3, -0.25) is 0 Å². The molecule has 1 rings (SSSR count). The molecule has 1 aliphatic rings. The molecule has 0 spiro atoms. The van der Waals surface area contributed by atoms with Gasteiger partial charge >= 0.3 is 0 Å². The zero-order valence-corrected chi connectivity index (χ0v) is 11.9. The maximum absolute atomic E-state index is 10.0. The second-order valence-electron chi connectivity index (χ2n) is 5.47. The van der Waals surface area contributed by atoms with E-state index in [-0.39, 0.29) is 5.41 Å². The third kappa shape index (κ3) is 4.81. The first-order valence-corrected chi connectivity index (χ1v) is 6.48. The van der Waals surface area contributed by atoms with Crippen molar-refractivity contribution in [1.29, 1.82) is 0 Å². The zero-order valence-electron chi connectivity index (χ0n) is 11.9.